The highest BCUT2D eigenvalue weighted by molar-refractivity contribution is 7.92. The summed E-state index contributed by atoms with van der Waals surface area (Å²) in [5.41, 5.74) is 2.02. The third kappa shape index (κ3) is 6.70. The van der Waals surface area contributed by atoms with Gasteiger partial charge >= 0.3 is 0 Å². The zero-order valence-electron chi connectivity index (χ0n) is 21.2. The molecular formula is C28H32ClN3O4S. The van der Waals surface area contributed by atoms with Crippen molar-refractivity contribution in [2.24, 2.45) is 0 Å². The largest absolute Gasteiger partial charge is 0.355 e. The van der Waals surface area contributed by atoms with Gasteiger partial charge in [0.25, 0.3) is 10.0 Å². The predicted molar refractivity (Wildman–Crippen MR) is 147 cm³/mol. The number of anilines is 1. The first-order valence-electron chi connectivity index (χ1n) is 12.1. The number of nitrogens with one attached hydrogen (secondary N) is 1. The third-order valence-electron chi connectivity index (χ3n) is 6.07. The summed E-state index contributed by atoms with van der Waals surface area (Å²) in [6.45, 7) is 5.61. The topological polar surface area (TPSA) is 86.8 Å². The highest BCUT2D eigenvalue weighted by Gasteiger charge is 2.34. The van der Waals surface area contributed by atoms with Crippen molar-refractivity contribution in [2.45, 2.75) is 44.7 Å². The van der Waals surface area contributed by atoms with Gasteiger partial charge in [0.05, 0.1) is 15.6 Å². The van der Waals surface area contributed by atoms with Gasteiger partial charge in [0.2, 0.25) is 11.8 Å². The number of halogens is 1. The Labute approximate surface area is 224 Å². The summed E-state index contributed by atoms with van der Waals surface area (Å²) in [4.78, 5) is 28.4. The molecule has 0 aliphatic rings. The molecule has 3 rings (SSSR count). The smallest absolute Gasteiger partial charge is 0.264 e. The van der Waals surface area contributed by atoms with Gasteiger partial charge in [-0.3, -0.25) is 13.9 Å². The van der Waals surface area contributed by atoms with Crippen molar-refractivity contribution in [1.82, 2.24) is 10.2 Å². The molecule has 0 spiro atoms. The first-order valence-corrected chi connectivity index (χ1v) is 14.0. The van der Waals surface area contributed by atoms with E-state index >= 15 is 0 Å². The first-order chi connectivity index (χ1) is 17.7. The van der Waals surface area contributed by atoms with E-state index in [1.807, 2.05) is 45.0 Å². The molecule has 0 aliphatic heterocycles. The molecule has 3 aromatic rings. The number of amides is 2. The molecule has 2 amide bonds. The van der Waals surface area contributed by atoms with Crippen LogP contribution in [0, 0.1) is 6.92 Å². The van der Waals surface area contributed by atoms with Crippen LogP contribution in [0.25, 0.3) is 0 Å². The lowest BCUT2D eigenvalue weighted by Crippen LogP contribution is -2.52. The number of rotatable bonds is 11. The van der Waals surface area contributed by atoms with Crippen molar-refractivity contribution in [3.63, 3.8) is 0 Å². The Balaban J connectivity index is 2.07. The molecule has 0 aromatic heterocycles. The second kappa shape index (κ2) is 12.7. The van der Waals surface area contributed by atoms with Crippen molar-refractivity contribution < 1.29 is 18.0 Å². The minimum absolute atomic E-state index is 0.0314. The molecule has 196 valence electrons. The fourth-order valence-corrected chi connectivity index (χ4v) is 5.81. The van der Waals surface area contributed by atoms with E-state index in [-0.39, 0.29) is 28.1 Å². The second-order valence-electron chi connectivity index (χ2n) is 8.54. The molecular weight excluding hydrogens is 510 g/mol. The summed E-state index contributed by atoms with van der Waals surface area (Å²) in [5, 5.41) is 2.99. The number of hydrogen-bond donors (Lipinski definition) is 1. The maximum Gasteiger partial charge on any atom is 0.264 e. The lowest BCUT2D eigenvalue weighted by atomic mass is 10.1. The van der Waals surface area contributed by atoms with Crippen LogP contribution in [0.3, 0.4) is 0 Å². The molecule has 0 heterocycles. The Hall–Kier alpha value is -3.36. The van der Waals surface area contributed by atoms with Gasteiger partial charge in [-0.15, -0.1) is 0 Å². The van der Waals surface area contributed by atoms with Gasteiger partial charge < -0.3 is 10.2 Å². The zero-order valence-corrected chi connectivity index (χ0v) is 22.8. The lowest BCUT2D eigenvalue weighted by molar-refractivity contribution is -0.140. The lowest BCUT2D eigenvalue weighted by Gasteiger charge is -2.33. The van der Waals surface area contributed by atoms with Crippen LogP contribution in [0.1, 0.15) is 31.4 Å². The Kier molecular flexibility index (Phi) is 9.72. The molecule has 9 heteroatoms. The number of carbonyl (C=O) groups is 2. The molecule has 37 heavy (non-hydrogen) atoms. The van der Waals surface area contributed by atoms with E-state index in [0.29, 0.717) is 13.0 Å². The summed E-state index contributed by atoms with van der Waals surface area (Å²) in [7, 11) is -4.15. The van der Waals surface area contributed by atoms with E-state index in [4.69, 9.17) is 11.6 Å². The molecule has 0 saturated carbocycles. The van der Waals surface area contributed by atoms with Crippen LogP contribution < -0.4 is 9.62 Å². The van der Waals surface area contributed by atoms with Gasteiger partial charge in [0, 0.05) is 13.1 Å². The predicted octanol–water partition coefficient (Wildman–Crippen LogP) is 4.79. The summed E-state index contributed by atoms with van der Waals surface area (Å²) in [5.74, 6) is -0.803. The summed E-state index contributed by atoms with van der Waals surface area (Å²) in [6, 6.07) is 21.2. The second-order valence-corrected chi connectivity index (χ2v) is 10.8. The van der Waals surface area contributed by atoms with Crippen molar-refractivity contribution in [3.8, 4) is 0 Å². The molecule has 0 saturated heterocycles. The van der Waals surface area contributed by atoms with Crippen LogP contribution in [0.4, 0.5) is 5.69 Å². The van der Waals surface area contributed by atoms with E-state index in [1.165, 1.54) is 17.0 Å². The van der Waals surface area contributed by atoms with E-state index < -0.39 is 28.5 Å². The number of hydrogen-bond acceptors (Lipinski definition) is 4. The average Bonchev–Trinajstić information content (AvgIpc) is 2.89. The Morgan fingerprint density at radius 1 is 0.919 bits per heavy atom. The Morgan fingerprint density at radius 2 is 1.54 bits per heavy atom. The fraction of sp³-hybridized carbons (Fsp3) is 0.286. The average molecular weight is 542 g/mol. The number of likely N-dealkylation sites (N-methyl/N-ethyl adjacent to an activating group) is 1. The van der Waals surface area contributed by atoms with Crippen LogP contribution in [0.15, 0.2) is 83.8 Å². The Bertz CT molecular complexity index is 1330. The summed E-state index contributed by atoms with van der Waals surface area (Å²) < 4.78 is 28.5. The van der Waals surface area contributed by atoms with Crippen molar-refractivity contribution in [3.05, 3.63) is 95.0 Å². The van der Waals surface area contributed by atoms with Crippen molar-refractivity contribution in [1.29, 1.82) is 0 Å². The summed E-state index contributed by atoms with van der Waals surface area (Å²) >= 11 is 6.41. The van der Waals surface area contributed by atoms with Crippen LogP contribution in [0.5, 0.6) is 0 Å². The molecule has 0 aliphatic carbocycles. The number of para-hydroxylation sites is 1. The number of benzene rings is 3. The first kappa shape index (κ1) is 28.2. The Morgan fingerprint density at radius 3 is 2.16 bits per heavy atom. The molecule has 1 N–H and O–H groups in total. The van der Waals surface area contributed by atoms with E-state index in [9.17, 15) is 18.0 Å². The van der Waals surface area contributed by atoms with E-state index in [1.54, 1.807) is 42.5 Å². The van der Waals surface area contributed by atoms with Gasteiger partial charge in [-0.2, -0.15) is 0 Å². The van der Waals surface area contributed by atoms with Gasteiger partial charge in [0.1, 0.15) is 12.6 Å². The number of sulfonamides is 1. The molecule has 0 unspecified atom stereocenters. The standard InChI is InChI=1S/C28H32ClN3O4S/c1-4-25(28(34)30-5-2)31(19-22-14-10-9-13-21(22)3)27(33)20-32(26-18-12-11-17-24(26)29)37(35,36)23-15-7-6-8-16-23/h6-18,25H,4-5,19-20H2,1-3H3,(H,30,34)/t25-/m0/s1. The van der Waals surface area contributed by atoms with Gasteiger partial charge in [0.15, 0.2) is 0 Å². The minimum atomic E-state index is -4.15. The molecule has 3 aromatic carbocycles. The highest BCUT2D eigenvalue weighted by Crippen LogP contribution is 2.30. The molecule has 1 atom stereocenters. The number of aryl methyl sites for hydroxylation is 1. The highest BCUT2D eigenvalue weighted by atomic mass is 35.5. The maximum atomic E-state index is 13.9. The number of nitrogens with zero attached hydrogens (tertiary/aromatic N) is 2. The van der Waals surface area contributed by atoms with Crippen molar-refractivity contribution in [2.75, 3.05) is 17.4 Å². The fourth-order valence-electron chi connectivity index (χ4n) is 4.07. The molecule has 7 nitrogen and oxygen atoms in total. The van der Waals surface area contributed by atoms with Crippen LogP contribution in [0.2, 0.25) is 5.02 Å². The summed E-state index contributed by atoms with van der Waals surface area (Å²) in [6.07, 6.45) is 0.362. The minimum Gasteiger partial charge on any atom is -0.355 e. The van der Waals surface area contributed by atoms with Gasteiger partial charge in [-0.1, -0.05) is 73.1 Å². The van der Waals surface area contributed by atoms with Gasteiger partial charge in [-0.25, -0.2) is 8.42 Å². The van der Waals surface area contributed by atoms with Crippen LogP contribution in [-0.2, 0) is 26.2 Å². The van der Waals surface area contributed by atoms with Crippen LogP contribution >= 0.6 is 11.6 Å². The quantitative estimate of drug-likeness (QED) is 0.378. The number of carbonyl (C=O) groups excluding carboxylic acids is 2. The monoisotopic (exact) mass is 541 g/mol. The van der Waals surface area contributed by atoms with Gasteiger partial charge in [-0.05, 0) is 55.7 Å². The normalized spacial score (nSPS) is 12.0. The third-order valence-corrected chi connectivity index (χ3v) is 8.16. The van der Waals surface area contributed by atoms with Crippen LogP contribution in [-0.4, -0.2) is 44.3 Å². The van der Waals surface area contributed by atoms with E-state index in [2.05, 4.69) is 5.32 Å². The SMILES string of the molecule is CCNC(=O)[C@H](CC)N(Cc1ccccc1C)C(=O)CN(c1ccccc1Cl)S(=O)(=O)c1ccccc1. The molecule has 0 fully saturated rings. The van der Waals surface area contributed by atoms with E-state index in [0.717, 1.165) is 15.4 Å². The molecule has 0 bridgehead atoms. The van der Waals surface area contributed by atoms with Crippen molar-refractivity contribution >= 4 is 39.1 Å². The zero-order chi connectivity index (χ0) is 27.0. The molecule has 0 radical (unpaired) electrons. The maximum absolute atomic E-state index is 13.9.